The number of carbonyl (C=O) groups is 1. The highest BCUT2D eigenvalue weighted by Gasteiger charge is 2.37. The summed E-state index contributed by atoms with van der Waals surface area (Å²) in [4.78, 5) is 16.9. The first-order valence-corrected chi connectivity index (χ1v) is 9.02. The van der Waals surface area contributed by atoms with Crippen LogP contribution in [0.1, 0.15) is 46.2 Å². The first kappa shape index (κ1) is 19.7. The average Bonchev–Trinajstić information content (AvgIpc) is 2.51. The number of hydrogen-bond acceptors (Lipinski definition) is 4. The molecule has 25 heavy (non-hydrogen) atoms. The molecule has 0 aromatic heterocycles. The van der Waals surface area contributed by atoms with Crippen LogP contribution in [0.3, 0.4) is 0 Å². The zero-order valence-corrected chi connectivity index (χ0v) is 16.4. The van der Waals surface area contributed by atoms with Crippen molar-refractivity contribution in [3.8, 4) is 0 Å². The van der Waals surface area contributed by atoms with Gasteiger partial charge in [-0.3, -0.25) is 4.90 Å². The molecular formula is C20H32N2O3. The molecule has 0 aliphatic carbocycles. The number of nitrogens with zero attached hydrogens (tertiary/aromatic N) is 2. The minimum atomic E-state index is -0.476. The Bertz CT molecular complexity index is 544. The molecule has 0 radical (unpaired) electrons. The molecule has 140 valence electrons. The molecule has 2 rings (SSSR count). The Morgan fingerprint density at radius 3 is 2.20 bits per heavy atom. The first-order valence-electron chi connectivity index (χ1n) is 9.02. The predicted molar refractivity (Wildman–Crippen MR) is 99.6 cm³/mol. The molecule has 1 saturated heterocycles. The highest BCUT2D eigenvalue weighted by Crippen LogP contribution is 2.27. The van der Waals surface area contributed by atoms with Crippen molar-refractivity contribution >= 4 is 6.09 Å². The van der Waals surface area contributed by atoms with Crippen LogP contribution in [0.4, 0.5) is 4.79 Å². The van der Waals surface area contributed by atoms with Crippen molar-refractivity contribution < 1.29 is 14.3 Å². The fourth-order valence-electron chi connectivity index (χ4n) is 3.54. The van der Waals surface area contributed by atoms with E-state index in [4.69, 9.17) is 9.47 Å². The van der Waals surface area contributed by atoms with Crippen LogP contribution in [0, 0.1) is 0 Å². The predicted octanol–water partition coefficient (Wildman–Crippen LogP) is 3.70. The smallest absolute Gasteiger partial charge is 0.410 e. The van der Waals surface area contributed by atoms with Gasteiger partial charge in [-0.25, -0.2) is 4.79 Å². The standard InChI is InChI=1S/C20H32N2O3/c1-15-12-21(18(14-24-6)17-10-8-7-9-11-17)13-16(2)22(15)19(23)25-20(3,4)5/h7-11,15-16,18H,12-14H2,1-6H3/t15-,16-,18+/m1/s1. The van der Waals surface area contributed by atoms with Crippen molar-refractivity contribution in [2.45, 2.75) is 58.3 Å². The number of benzene rings is 1. The lowest BCUT2D eigenvalue weighted by Gasteiger charge is -2.47. The van der Waals surface area contributed by atoms with Gasteiger partial charge >= 0.3 is 6.09 Å². The van der Waals surface area contributed by atoms with Crippen LogP contribution in [-0.4, -0.2) is 60.4 Å². The fraction of sp³-hybridized carbons (Fsp3) is 0.650. The lowest BCUT2D eigenvalue weighted by Crippen LogP contribution is -2.60. The molecule has 1 fully saturated rings. The van der Waals surface area contributed by atoms with Gasteiger partial charge in [0.2, 0.25) is 0 Å². The molecule has 5 heteroatoms. The Kier molecular flexibility index (Phi) is 6.47. The summed E-state index contributed by atoms with van der Waals surface area (Å²) in [5.74, 6) is 0. The van der Waals surface area contributed by atoms with Gasteiger partial charge in [0.25, 0.3) is 0 Å². The topological polar surface area (TPSA) is 42.0 Å². The van der Waals surface area contributed by atoms with Gasteiger partial charge in [-0.1, -0.05) is 30.3 Å². The summed E-state index contributed by atoms with van der Waals surface area (Å²) in [6, 6.07) is 10.8. The van der Waals surface area contributed by atoms with Gasteiger partial charge in [-0.2, -0.15) is 0 Å². The largest absolute Gasteiger partial charge is 0.444 e. The van der Waals surface area contributed by atoms with Crippen LogP contribution in [0.5, 0.6) is 0 Å². The molecular weight excluding hydrogens is 316 g/mol. The van der Waals surface area contributed by atoms with Crippen LogP contribution in [-0.2, 0) is 9.47 Å². The van der Waals surface area contributed by atoms with E-state index in [1.54, 1.807) is 7.11 Å². The van der Waals surface area contributed by atoms with Gasteiger partial charge in [0.15, 0.2) is 0 Å². The van der Waals surface area contributed by atoms with Gasteiger partial charge in [0.1, 0.15) is 5.60 Å². The maximum absolute atomic E-state index is 12.6. The molecule has 1 aromatic carbocycles. The number of methoxy groups -OCH3 is 1. The van der Waals surface area contributed by atoms with E-state index in [9.17, 15) is 4.79 Å². The molecule has 0 unspecified atom stereocenters. The van der Waals surface area contributed by atoms with Crippen LogP contribution < -0.4 is 0 Å². The monoisotopic (exact) mass is 348 g/mol. The molecule has 1 aliphatic heterocycles. The molecule has 3 atom stereocenters. The van der Waals surface area contributed by atoms with Crippen molar-refractivity contribution in [2.24, 2.45) is 0 Å². The number of piperazine rings is 1. The van der Waals surface area contributed by atoms with Crippen LogP contribution >= 0.6 is 0 Å². The second-order valence-electron chi connectivity index (χ2n) is 7.92. The fourth-order valence-corrected chi connectivity index (χ4v) is 3.54. The van der Waals surface area contributed by atoms with Gasteiger partial charge in [-0.05, 0) is 40.2 Å². The number of hydrogen-bond donors (Lipinski definition) is 0. The summed E-state index contributed by atoms with van der Waals surface area (Å²) in [5, 5.41) is 0. The van der Waals surface area contributed by atoms with E-state index in [0.717, 1.165) is 13.1 Å². The summed E-state index contributed by atoms with van der Waals surface area (Å²) < 4.78 is 11.1. The third-order valence-corrected chi connectivity index (χ3v) is 4.50. The van der Waals surface area contributed by atoms with Gasteiger partial charge in [0.05, 0.1) is 12.6 Å². The van der Waals surface area contributed by atoms with Gasteiger partial charge < -0.3 is 14.4 Å². The molecule has 5 nitrogen and oxygen atoms in total. The van der Waals surface area contributed by atoms with E-state index in [1.807, 2.05) is 31.7 Å². The Hall–Kier alpha value is -1.59. The first-order chi connectivity index (χ1) is 11.7. The summed E-state index contributed by atoms with van der Waals surface area (Å²) in [6.07, 6.45) is -0.227. The lowest BCUT2D eigenvalue weighted by molar-refractivity contribution is -0.0302. The molecule has 0 N–H and O–H groups in total. The molecule has 1 heterocycles. The third kappa shape index (κ3) is 5.19. The van der Waals surface area contributed by atoms with Crippen molar-refractivity contribution in [3.63, 3.8) is 0 Å². The lowest BCUT2D eigenvalue weighted by atomic mass is 10.0. The Morgan fingerprint density at radius 1 is 1.16 bits per heavy atom. The Balaban J connectivity index is 2.13. The molecule has 0 saturated carbocycles. The number of ether oxygens (including phenoxy) is 2. The third-order valence-electron chi connectivity index (χ3n) is 4.50. The van der Waals surface area contributed by atoms with Crippen LogP contribution in [0.15, 0.2) is 30.3 Å². The number of carbonyl (C=O) groups excluding carboxylic acids is 1. The van der Waals surface area contributed by atoms with Crippen molar-refractivity contribution in [1.29, 1.82) is 0 Å². The maximum Gasteiger partial charge on any atom is 0.410 e. The van der Waals surface area contributed by atoms with Crippen molar-refractivity contribution in [3.05, 3.63) is 35.9 Å². The summed E-state index contributed by atoms with van der Waals surface area (Å²) >= 11 is 0. The molecule has 0 spiro atoms. The molecule has 0 bridgehead atoms. The van der Waals surface area contributed by atoms with E-state index in [-0.39, 0.29) is 24.2 Å². The van der Waals surface area contributed by atoms with Crippen LogP contribution in [0.2, 0.25) is 0 Å². The molecule has 1 aromatic rings. The minimum absolute atomic E-state index is 0.0849. The van der Waals surface area contributed by atoms with E-state index >= 15 is 0 Å². The normalized spacial score (nSPS) is 23.4. The summed E-state index contributed by atoms with van der Waals surface area (Å²) in [5.41, 5.74) is 0.769. The quantitative estimate of drug-likeness (QED) is 0.832. The molecule has 1 amide bonds. The Morgan fingerprint density at radius 2 is 1.72 bits per heavy atom. The summed E-state index contributed by atoms with van der Waals surface area (Å²) in [7, 11) is 1.74. The van der Waals surface area contributed by atoms with E-state index in [0.29, 0.717) is 6.61 Å². The molecule has 1 aliphatic rings. The number of rotatable bonds is 4. The highest BCUT2D eigenvalue weighted by atomic mass is 16.6. The zero-order valence-electron chi connectivity index (χ0n) is 16.4. The SMILES string of the molecule is COC[C@@H](c1ccccc1)N1C[C@@H](C)N(C(=O)OC(C)(C)C)[C@H](C)C1. The van der Waals surface area contributed by atoms with Crippen LogP contribution in [0.25, 0.3) is 0 Å². The minimum Gasteiger partial charge on any atom is -0.444 e. The zero-order chi connectivity index (χ0) is 18.6. The van der Waals surface area contributed by atoms with Gasteiger partial charge in [-0.15, -0.1) is 0 Å². The van der Waals surface area contributed by atoms with Crippen molar-refractivity contribution in [1.82, 2.24) is 9.80 Å². The van der Waals surface area contributed by atoms with Crippen molar-refractivity contribution in [2.75, 3.05) is 26.8 Å². The number of amides is 1. The Labute approximate surface area is 151 Å². The average molecular weight is 348 g/mol. The summed E-state index contributed by atoms with van der Waals surface area (Å²) in [6.45, 7) is 12.1. The highest BCUT2D eigenvalue weighted by molar-refractivity contribution is 5.69. The maximum atomic E-state index is 12.6. The second-order valence-corrected chi connectivity index (χ2v) is 7.92. The van der Waals surface area contributed by atoms with E-state index in [2.05, 4.69) is 43.0 Å². The van der Waals surface area contributed by atoms with E-state index in [1.165, 1.54) is 5.56 Å². The van der Waals surface area contributed by atoms with Gasteiger partial charge in [0, 0.05) is 32.3 Å². The second kappa shape index (κ2) is 8.19. The van der Waals surface area contributed by atoms with E-state index < -0.39 is 5.60 Å².